The van der Waals surface area contributed by atoms with Crippen LogP contribution in [0.4, 0.5) is 0 Å². The lowest BCUT2D eigenvalue weighted by Gasteiger charge is -2.38. The molecule has 0 aliphatic carbocycles. The van der Waals surface area contributed by atoms with Gasteiger partial charge >= 0.3 is 5.97 Å². The quantitative estimate of drug-likeness (QED) is 0.540. The Morgan fingerprint density at radius 2 is 1.46 bits per heavy atom. The van der Waals surface area contributed by atoms with Gasteiger partial charge < -0.3 is 9.84 Å². The molecule has 0 saturated heterocycles. The number of esters is 1. The van der Waals surface area contributed by atoms with Crippen molar-refractivity contribution in [2.45, 2.75) is 74.1 Å². The molecule has 0 amide bonds. The van der Waals surface area contributed by atoms with Gasteiger partial charge in [-0.1, -0.05) is 61.3 Å². The first-order valence-corrected chi connectivity index (χ1v) is 9.91. The topological polar surface area (TPSA) is 46.5 Å². The Kier molecular flexibility index (Phi) is 8.17. The Morgan fingerprint density at radius 3 is 1.92 bits per heavy atom. The van der Waals surface area contributed by atoms with Crippen molar-refractivity contribution in [1.82, 2.24) is 0 Å². The van der Waals surface area contributed by atoms with Crippen LogP contribution in [0.15, 0.2) is 24.3 Å². The van der Waals surface area contributed by atoms with E-state index in [2.05, 4.69) is 48.5 Å². The molecule has 1 aromatic rings. The third-order valence-electron chi connectivity index (χ3n) is 5.46. The monoisotopic (exact) mass is 362 g/mol. The van der Waals surface area contributed by atoms with E-state index < -0.39 is 0 Å². The molecule has 1 aromatic carbocycles. The number of rotatable bonds is 8. The molecular formula is C23H38O3. The van der Waals surface area contributed by atoms with Gasteiger partial charge in [0.2, 0.25) is 0 Å². The summed E-state index contributed by atoms with van der Waals surface area (Å²) in [6.07, 6.45) is 4.49. The van der Waals surface area contributed by atoms with Crippen LogP contribution in [0.1, 0.15) is 84.5 Å². The van der Waals surface area contributed by atoms with Crippen LogP contribution < -0.4 is 0 Å². The number of hydrogen-bond donors (Lipinski definition) is 1. The molecule has 26 heavy (non-hydrogen) atoms. The van der Waals surface area contributed by atoms with Crippen molar-refractivity contribution in [3.63, 3.8) is 0 Å². The maximum Gasteiger partial charge on any atom is 0.338 e. The third-order valence-corrected chi connectivity index (χ3v) is 5.46. The molecule has 0 heterocycles. The summed E-state index contributed by atoms with van der Waals surface area (Å²) in [6, 6.07) is 6.20. The van der Waals surface area contributed by atoms with Crippen LogP contribution in [0.2, 0.25) is 0 Å². The second-order valence-corrected chi connectivity index (χ2v) is 9.62. The molecule has 0 fully saturated rings. The lowest BCUT2D eigenvalue weighted by atomic mass is 9.67. The van der Waals surface area contributed by atoms with E-state index in [0.29, 0.717) is 29.4 Å². The molecule has 3 heteroatoms. The van der Waals surface area contributed by atoms with Crippen LogP contribution in [0.25, 0.3) is 0 Å². The van der Waals surface area contributed by atoms with Gasteiger partial charge in [-0.3, -0.25) is 0 Å². The van der Waals surface area contributed by atoms with Crippen molar-refractivity contribution in [1.29, 1.82) is 0 Å². The maximum atomic E-state index is 12.2. The number of phenols is 1. The van der Waals surface area contributed by atoms with E-state index in [1.54, 1.807) is 12.1 Å². The summed E-state index contributed by atoms with van der Waals surface area (Å²) >= 11 is 0. The Labute approximate surface area is 160 Å². The molecule has 0 aliphatic rings. The molecule has 2 atom stereocenters. The normalized spacial score (nSPS) is 14.7. The highest BCUT2D eigenvalue weighted by Crippen LogP contribution is 2.41. The number of carbonyl (C=O) groups excluding carboxylic acids is 1. The van der Waals surface area contributed by atoms with E-state index in [1.165, 1.54) is 25.0 Å². The van der Waals surface area contributed by atoms with Crippen LogP contribution in [-0.2, 0) is 4.74 Å². The highest BCUT2D eigenvalue weighted by molar-refractivity contribution is 5.89. The Bertz CT molecular complexity index is 546. The summed E-state index contributed by atoms with van der Waals surface area (Å²) in [6.45, 7) is 16.5. The summed E-state index contributed by atoms with van der Waals surface area (Å²) in [5.41, 5.74) is 0.957. The van der Waals surface area contributed by atoms with E-state index in [1.807, 2.05) is 0 Å². The maximum absolute atomic E-state index is 12.2. The fourth-order valence-corrected chi connectivity index (χ4v) is 3.48. The van der Waals surface area contributed by atoms with Gasteiger partial charge in [0.25, 0.3) is 0 Å². The molecule has 2 unspecified atom stereocenters. The van der Waals surface area contributed by atoms with E-state index >= 15 is 0 Å². The fraction of sp³-hybridized carbons (Fsp3) is 0.696. The van der Waals surface area contributed by atoms with Crippen LogP contribution in [0.3, 0.4) is 0 Å². The van der Waals surface area contributed by atoms with Gasteiger partial charge in [-0.2, -0.15) is 0 Å². The first-order valence-electron chi connectivity index (χ1n) is 9.91. The summed E-state index contributed by atoms with van der Waals surface area (Å²) in [5.74, 6) is 1.01. The molecule has 0 bridgehead atoms. The molecular weight excluding hydrogens is 324 g/mol. The molecule has 0 saturated carbocycles. The SMILES string of the molecule is CCCC(CC(CCOC(=O)c1ccc(O)cc1)C(C)(C)C)C(C)(C)C. The van der Waals surface area contributed by atoms with Crippen molar-refractivity contribution < 1.29 is 14.6 Å². The molecule has 1 N–H and O–H groups in total. The number of ether oxygens (including phenoxy) is 1. The second-order valence-electron chi connectivity index (χ2n) is 9.62. The van der Waals surface area contributed by atoms with Crippen LogP contribution in [-0.4, -0.2) is 17.7 Å². The number of aromatic hydroxyl groups is 1. The van der Waals surface area contributed by atoms with Gasteiger partial charge in [0.15, 0.2) is 0 Å². The predicted molar refractivity (Wildman–Crippen MR) is 108 cm³/mol. The standard InChI is InChI=1S/C23H38O3/c1-8-9-18(22(2,3)4)16-19(23(5,6)7)14-15-26-21(25)17-10-12-20(24)13-11-17/h10-13,18-19,24H,8-9,14-16H2,1-7H3. The first-order chi connectivity index (χ1) is 11.9. The van der Waals surface area contributed by atoms with Gasteiger partial charge in [-0.25, -0.2) is 4.79 Å². The highest BCUT2D eigenvalue weighted by Gasteiger charge is 2.32. The molecule has 0 aromatic heterocycles. The largest absolute Gasteiger partial charge is 0.508 e. The zero-order valence-electron chi connectivity index (χ0n) is 17.8. The Hall–Kier alpha value is -1.51. The minimum absolute atomic E-state index is 0.151. The Balaban J connectivity index is 2.67. The summed E-state index contributed by atoms with van der Waals surface area (Å²) in [4.78, 5) is 12.2. The van der Waals surface area contributed by atoms with Crippen molar-refractivity contribution in [3.05, 3.63) is 29.8 Å². The minimum Gasteiger partial charge on any atom is -0.508 e. The summed E-state index contributed by atoms with van der Waals surface area (Å²) < 4.78 is 5.50. The molecule has 0 spiro atoms. The van der Waals surface area contributed by atoms with Gasteiger partial charge in [0, 0.05) is 0 Å². The molecule has 0 radical (unpaired) electrons. The van der Waals surface area contributed by atoms with E-state index in [4.69, 9.17) is 4.74 Å². The van der Waals surface area contributed by atoms with Crippen LogP contribution in [0.5, 0.6) is 5.75 Å². The van der Waals surface area contributed by atoms with E-state index in [-0.39, 0.29) is 17.1 Å². The third kappa shape index (κ3) is 7.39. The van der Waals surface area contributed by atoms with E-state index in [0.717, 1.165) is 12.8 Å². The average molecular weight is 363 g/mol. The van der Waals surface area contributed by atoms with Crippen molar-refractivity contribution >= 4 is 5.97 Å². The summed E-state index contributed by atoms with van der Waals surface area (Å²) in [5, 5.41) is 9.32. The summed E-state index contributed by atoms with van der Waals surface area (Å²) in [7, 11) is 0. The zero-order valence-corrected chi connectivity index (χ0v) is 17.8. The molecule has 0 aliphatic heterocycles. The average Bonchev–Trinajstić information content (AvgIpc) is 2.51. The smallest absolute Gasteiger partial charge is 0.338 e. The van der Waals surface area contributed by atoms with E-state index in [9.17, 15) is 9.90 Å². The van der Waals surface area contributed by atoms with Gasteiger partial charge in [-0.05, 0) is 59.8 Å². The molecule has 3 nitrogen and oxygen atoms in total. The lowest BCUT2D eigenvalue weighted by molar-refractivity contribution is 0.0410. The number of carbonyl (C=O) groups is 1. The number of phenolic OH excluding ortho intramolecular Hbond substituents is 1. The van der Waals surface area contributed by atoms with Crippen molar-refractivity contribution in [2.24, 2.45) is 22.7 Å². The van der Waals surface area contributed by atoms with Gasteiger partial charge in [0.05, 0.1) is 12.2 Å². The number of hydrogen-bond acceptors (Lipinski definition) is 3. The number of benzene rings is 1. The molecule has 148 valence electrons. The van der Waals surface area contributed by atoms with Crippen LogP contribution >= 0.6 is 0 Å². The second kappa shape index (κ2) is 9.43. The zero-order chi connectivity index (χ0) is 20.0. The Morgan fingerprint density at radius 1 is 0.962 bits per heavy atom. The molecule has 1 rings (SSSR count). The predicted octanol–water partition coefficient (Wildman–Crippen LogP) is 6.45. The van der Waals surface area contributed by atoms with Crippen LogP contribution in [0, 0.1) is 22.7 Å². The van der Waals surface area contributed by atoms with Gasteiger partial charge in [0.1, 0.15) is 5.75 Å². The van der Waals surface area contributed by atoms with Crippen molar-refractivity contribution in [2.75, 3.05) is 6.61 Å². The lowest BCUT2D eigenvalue weighted by Crippen LogP contribution is -2.30. The van der Waals surface area contributed by atoms with Crippen molar-refractivity contribution in [3.8, 4) is 5.75 Å². The minimum atomic E-state index is -0.321. The highest BCUT2D eigenvalue weighted by atomic mass is 16.5. The first kappa shape index (κ1) is 22.5. The fourth-order valence-electron chi connectivity index (χ4n) is 3.48. The van der Waals surface area contributed by atoms with Gasteiger partial charge in [-0.15, -0.1) is 0 Å².